The third-order valence-electron chi connectivity index (χ3n) is 8.81. The van der Waals surface area contributed by atoms with Gasteiger partial charge in [0.25, 0.3) is 5.65 Å². The lowest BCUT2D eigenvalue weighted by molar-refractivity contribution is -0.672. The Morgan fingerprint density at radius 1 is 0.841 bits per heavy atom. The molecule has 1 aliphatic heterocycles. The fourth-order valence-electron chi connectivity index (χ4n) is 6.78. The molecule has 2 aromatic heterocycles. The van der Waals surface area contributed by atoms with Gasteiger partial charge >= 0.3 is 5.65 Å². The maximum absolute atomic E-state index is 6.18. The summed E-state index contributed by atoms with van der Waals surface area (Å²) in [5.74, 6) is 1.98. The Kier molecular flexibility index (Phi) is 7.13. The molecule has 6 heteroatoms. The molecule has 0 amide bonds. The predicted octanol–water partition coefficient (Wildman–Crippen LogP) is 7.84. The standard InChI is InChI=1S/C38H38N5O/c1-5-41-34(42(6-2)37-36(41)39-30-19-12-13-20-31(30)40-37)22-14-21-33-38(3,4)35-29-18-11-10-15-27(29)23-24-32(35)43(33)25-26-44-28-16-8-7-9-17-28/h7-24H,5-6,25-26H2,1-4H3/q+1. The number of anilines is 1. The van der Waals surface area contributed by atoms with Crippen LogP contribution >= 0.6 is 0 Å². The first-order valence-electron chi connectivity index (χ1n) is 15.6. The van der Waals surface area contributed by atoms with Gasteiger partial charge in [-0.15, -0.1) is 0 Å². The minimum absolute atomic E-state index is 0.202. The summed E-state index contributed by atoms with van der Waals surface area (Å²) in [7, 11) is 0. The number of nitrogens with zero attached hydrogens (tertiary/aromatic N) is 5. The van der Waals surface area contributed by atoms with E-state index in [1.807, 2.05) is 54.6 Å². The summed E-state index contributed by atoms with van der Waals surface area (Å²) < 4.78 is 10.7. The molecule has 1 aliphatic rings. The lowest BCUT2D eigenvalue weighted by Crippen LogP contribution is -2.35. The van der Waals surface area contributed by atoms with E-state index in [4.69, 9.17) is 14.7 Å². The van der Waals surface area contributed by atoms with Crippen LogP contribution in [0.5, 0.6) is 5.75 Å². The Morgan fingerprint density at radius 2 is 1.57 bits per heavy atom. The molecular formula is C38H38N5O+. The molecule has 0 N–H and O–H groups in total. The zero-order chi connectivity index (χ0) is 30.3. The molecule has 220 valence electrons. The van der Waals surface area contributed by atoms with Gasteiger partial charge in [0.2, 0.25) is 5.82 Å². The van der Waals surface area contributed by atoms with Crippen LogP contribution in [0.4, 0.5) is 5.69 Å². The van der Waals surface area contributed by atoms with Gasteiger partial charge in [-0.2, -0.15) is 0 Å². The summed E-state index contributed by atoms with van der Waals surface area (Å²) >= 11 is 0. The molecule has 7 rings (SSSR count). The van der Waals surface area contributed by atoms with E-state index in [1.165, 1.54) is 27.7 Å². The molecule has 3 heterocycles. The van der Waals surface area contributed by atoms with Gasteiger partial charge in [0.15, 0.2) is 5.52 Å². The van der Waals surface area contributed by atoms with Crippen LogP contribution in [-0.2, 0) is 18.5 Å². The molecule has 44 heavy (non-hydrogen) atoms. The van der Waals surface area contributed by atoms with Crippen molar-refractivity contribution < 1.29 is 9.30 Å². The minimum atomic E-state index is -0.202. The fraction of sp³-hybridized carbons (Fsp3) is 0.237. The first-order chi connectivity index (χ1) is 21.5. The molecule has 0 unspecified atom stereocenters. The summed E-state index contributed by atoms with van der Waals surface area (Å²) in [6, 6.07) is 31.4. The van der Waals surface area contributed by atoms with E-state index >= 15 is 0 Å². The van der Waals surface area contributed by atoms with E-state index in [2.05, 4.69) is 96.4 Å². The highest BCUT2D eigenvalue weighted by molar-refractivity contribution is 5.95. The lowest BCUT2D eigenvalue weighted by atomic mass is 9.81. The number of aromatic nitrogens is 4. The molecule has 6 nitrogen and oxygen atoms in total. The number of allylic oxidation sites excluding steroid dienone is 3. The molecule has 4 aromatic carbocycles. The summed E-state index contributed by atoms with van der Waals surface area (Å²) in [6.07, 6.45) is 6.69. The maximum Gasteiger partial charge on any atom is 0.323 e. The van der Waals surface area contributed by atoms with Crippen LogP contribution in [-0.4, -0.2) is 27.7 Å². The number of fused-ring (bicyclic) bond motifs is 5. The molecule has 0 fully saturated rings. The number of para-hydroxylation sites is 3. The Morgan fingerprint density at radius 3 is 2.34 bits per heavy atom. The van der Waals surface area contributed by atoms with E-state index in [9.17, 15) is 0 Å². The van der Waals surface area contributed by atoms with Crippen LogP contribution in [0.25, 0.3) is 39.2 Å². The van der Waals surface area contributed by atoms with Gasteiger partial charge in [0.05, 0.1) is 19.6 Å². The Labute approximate surface area is 258 Å². The van der Waals surface area contributed by atoms with Crippen molar-refractivity contribution in [3.8, 4) is 5.75 Å². The van der Waals surface area contributed by atoms with Crippen molar-refractivity contribution in [2.24, 2.45) is 0 Å². The second-order valence-electron chi connectivity index (χ2n) is 11.7. The number of benzene rings is 4. The second-order valence-corrected chi connectivity index (χ2v) is 11.7. The Balaban J connectivity index is 1.31. The summed E-state index contributed by atoms with van der Waals surface area (Å²) in [4.78, 5) is 12.5. The number of hydrogen-bond donors (Lipinski definition) is 0. The highest BCUT2D eigenvalue weighted by Crippen LogP contribution is 2.50. The average molecular weight is 581 g/mol. The van der Waals surface area contributed by atoms with Gasteiger partial charge in [-0.1, -0.05) is 85.6 Å². The van der Waals surface area contributed by atoms with Gasteiger partial charge in [-0.25, -0.2) is 14.1 Å². The first kappa shape index (κ1) is 27.8. The number of imidazole rings is 1. The molecule has 0 spiro atoms. The van der Waals surface area contributed by atoms with Gasteiger partial charge in [-0.05, 0) is 66.6 Å². The van der Waals surface area contributed by atoms with Crippen LogP contribution in [0, 0.1) is 0 Å². The zero-order valence-electron chi connectivity index (χ0n) is 25.9. The largest absolute Gasteiger partial charge is 0.492 e. The van der Waals surface area contributed by atoms with E-state index in [1.54, 1.807) is 0 Å². The van der Waals surface area contributed by atoms with Crippen molar-refractivity contribution in [1.82, 2.24) is 14.5 Å². The van der Waals surface area contributed by atoms with Crippen LogP contribution in [0.1, 0.15) is 39.1 Å². The van der Waals surface area contributed by atoms with Crippen molar-refractivity contribution in [2.45, 2.75) is 46.2 Å². The third-order valence-corrected chi connectivity index (χ3v) is 8.81. The first-order valence-corrected chi connectivity index (χ1v) is 15.6. The zero-order valence-corrected chi connectivity index (χ0v) is 25.9. The third kappa shape index (κ3) is 4.62. The van der Waals surface area contributed by atoms with E-state index in [0.717, 1.165) is 53.5 Å². The van der Waals surface area contributed by atoms with Crippen LogP contribution < -0.4 is 14.2 Å². The van der Waals surface area contributed by atoms with Crippen molar-refractivity contribution in [3.63, 3.8) is 0 Å². The summed E-state index contributed by atoms with van der Waals surface area (Å²) in [5.41, 5.74) is 7.32. The normalized spacial score (nSPS) is 15.3. The Hall–Kier alpha value is -4.97. The van der Waals surface area contributed by atoms with Gasteiger partial charge in [0.1, 0.15) is 17.9 Å². The number of hydrogen-bond acceptors (Lipinski definition) is 4. The van der Waals surface area contributed by atoms with Crippen molar-refractivity contribution in [1.29, 1.82) is 0 Å². The van der Waals surface area contributed by atoms with Crippen LogP contribution in [0.3, 0.4) is 0 Å². The predicted molar refractivity (Wildman–Crippen MR) is 180 cm³/mol. The van der Waals surface area contributed by atoms with E-state index < -0.39 is 0 Å². The summed E-state index contributed by atoms with van der Waals surface area (Å²) in [5, 5.41) is 2.57. The van der Waals surface area contributed by atoms with Crippen molar-refractivity contribution in [2.75, 3.05) is 18.1 Å². The van der Waals surface area contributed by atoms with Gasteiger partial charge < -0.3 is 9.64 Å². The SMILES string of the molecule is CCn1c(C=CC=C2N(CCOc3ccccc3)c3ccc4ccccc4c3C2(C)C)[n+](CC)c2nc3ccccc3nc21. The molecule has 6 aromatic rings. The smallest absolute Gasteiger partial charge is 0.323 e. The van der Waals surface area contributed by atoms with Gasteiger partial charge in [-0.3, -0.25) is 0 Å². The summed E-state index contributed by atoms with van der Waals surface area (Å²) in [6.45, 7) is 11.9. The van der Waals surface area contributed by atoms with Crippen molar-refractivity contribution in [3.05, 3.63) is 120 Å². The van der Waals surface area contributed by atoms with E-state index in [-0.39, 0.29) is 5.41 Å². The monoisotopic (exact) mass is 580 g/mol. The number of ether oxygens (including phenoxy) is 1. The second kappa shape index (κ2) is 11.3. The average Bonchev–Trinajstić information content (AvgIpc) is 3.46. The van der Waals surface area contributed by atoms with Gasteiger partial charge in [0, 0.05) is 22.9 Å². The minimum Gasteiger partial charge on any atom is -0.492 e. The molecule has 0 aliphatic carbocycles. The highest BCUT2D eigenvalue weighted by atomic mass is 16.5. The molecule has 0 saturated heterocycles. The molecule has 0 atom stereocenters. The molecular weight excluding hydrogens is 542 g/mol. The quantitative estimate of drug-likeness (QED) is 0.172. The number of aryl methyl sites for hydroxylation is 2. The molecule has 0 saturated carbocycles. The molecule has 0 bridgehead atoms. The molecule has 0 radical (unpaired) electrons. The van der Waals surface area contributed by atoms with E-state index in [0.29, 0.717) is 6.61 Å². The van der Waals surface area contributed by atoms with Crippen LogP contribution in [0.15, 0.2) is 109 Å². The number of rotatable bonds is 8. The maximum atomic E-state index is 6.18. The highest BCUT2D eigenvalue weighted by Gasteiger charge is 2.41. The Bertz CT molecular complexity index is 1990. The topological polar surface area (TPSA) is 47.1 Å². The van der Waals surface area contributed by atoms with Crippen molar-refractivity contribution >= 4 is 44.9 Å². The van der Waals surface area contributed by atoms with Crippen LogP contribution in [0.2, 0.25) is 0 Å². The lowest BCUT2D eigenvalue weighted by Gasteiger charge is -2.27. The fourth-order valence-corrected chi connectivity index (χ4v) is 6.78.